The summed E-state index contributed by atoms with van der Waals surface area (Å²) in [5, 5.41) is 12.5. The maximum atomic E-state index is 12.1. The van der Waals surface area contributed by atoms with Gasteiger partial charge in [-0.15, -0.1) is 11.6 Å². The number of alkyl halides is 1. The molecule has 0 unspecified atom stereocenters. The van der Waals surface area contributed by atoms with Crippen LogP contribution < -0.4 is 4.74 Å². The largest absolute Gasteiger partial charge is 0.480 e. The number of carbonyl (C=O) groups excluding carboxylic acids is 1. The van der Waals surface area contributed by atoms with E-state index < -0.39 is 10.9 Å². The predicted molar refractivity (Wildman–Crippen MR) is 158 cm³/mol. The molecule has 206 valence electrons. The van der Waals surface area contributed by atoms with Gasteiger partial charge in [0.1, 0.15) is 10.5 Å². The standard InChI is InChI=1S/C31H40ClNO4S/c1-4-5-6-7-8-9-10-13-23-14-11-12-15-25(23)22-31(35,18-19-32)38-26-17-16-24-20-27(30(34)37-3)29(36-2)33-28(24)21-26/h11-12,14-17,20-21,35H,4-10,13,18-19,22H2,1-3H3/t31-/m1/s1. The first-order valence-electron chi connectivity index (χ1n) is 13.5. The molecule has 0 aliphatic rings. The summed E-state index contributed by atoms with van der Waals surface area (Å²) in [6.07, 6.45) is 10.9. The SMILES string of the molecule is CCCCCCCCCc1ccccc1C[C@@](O)(CCCl)Sc1ccc2cc(C(=O)OC)c(OC)nc2c1. The lowest BCUT2D eigenvalue weighted by Gasteiger charge is -2.28. The number of carbonyl (C=O) groups is 1. The zero-order chi connectivity index (χ0) is 27.4. The van der Waals surface area contributed by atoms with E-state index in [4.69, 9.17) is 21.1 Å². The zero-order valence-electron chi connectivity index (χ0n) is 22.8. The number of rotatable bonds is 16. The Morgan fingerprint density at radius 2 is 1.71 bits per heavy atom. The smallest absolute Gasteiger partial charge is 0.343 e. The Labute approximate surface area is 236 Å². The Kier molecular flexibility index (Phi) is 12.2. The van der Waals surface area contributed by atoms with Crippen LogP contribution in [0, 0.1) is 0 Å². The summed E-state index contributed by atoms with van der Waals surface area (Å²) >= 11 is 7.56. The molecule has 1 atom stereocenters. The Morgan fingerprint density at radius 3 is 2.39 bits per heavy atom. The van der Waals surface area contributed by atoms with Crippen LogP contribution in [0.2, 0.25) is 0 Å². The first-order chi connectivity index (χ1) is 18.4. The summed E-state index contributed by atoms with van der Waals surface area (Å²) in [7, 11) is 2.80. The number of methoxy groups -OCH3 is 2. The summed E-state index contributed by atoms with van der Waals surface area (Å²) in [5.41, 5.74) is 3.42. The minimum absolute atomic E-state index is 0.210. The topological polar surface area (TPSA) is 68.7 Å². The van der Waals surface area contributed by atoms with Crippen LogP contribution in [0.3, 0.4) is 0 Å². The number of ether oxygens (including phenoxy) is 2. The van der Waals surface area contributed by atoms with Crippen molar-refractivity contribution in [1.82, 2.24) is 4.98 Å². The highest BCUT2D eigenvalue weighted by molar-refractivity contribution is 8.00. The third-order valence-electron chi connectivity index (χ3n) is 6.78. The van der Waals surface area contributed by atoms with Gasteiger partial charge < -0.3 is 14.6 Å². The normalized spacial score (nSPS) is 12.9. The Balaban J connectivity index is 1.75. The van der Waals surface area contributed by atoms with E-state index in [0.717, 1.165) is 23.1 Å². The predicted octanol–water partition coefficient (Wildman–Crippen LogP) is 7.98. The second kappa shape index (κ2) is 15.3. The summed E-state index contributed by atoms with van der Waals surface area (Å²) in [4.78, 5) is 16.4. The maximum Gasteiger partial charge on any atom is 0.343 e. The van der Waals surface area contributed by atoms with E-state index in [2.05, 4.69) is 30.1 Å². The molecule has 0 saturated heterocycles. The lowest BCUT2D eigenvalue weighted by molar-refractivity contribution is 0.0596. The Hall–Kier alpha value is -2.28. The van der Waals surface area contributed by atoms with Crippen LogP contribution >= 0.6 is 23.4 Å². The van der Waals surface area contributed by atoms with Crippen molar-refractivity contribution in [2.75, 3.05) is 20.1 Å². The van der Waals surface area contributed by atoms with Crippen LogP contribution in [0.4, 0.5) is 0 Å². The fourth-order valence-electron chi connectivity index (χ4n) is 4.69. The van der Waals surface area contributed by atoms with Crippen molar-refractivity contribution in [1.29, 1.82) is 0 Å². The number of aliphatic hydroxyl groups is 1. The third-order valence-corrected chi connectivity index (χ3v) is 8.19. The van der Waals surface area contributed by atoms with Crippen LogP contribution in [-0.2, 0) is 17.6 Å². The van der Waals surface area contributed by atoms with Gasteiger partial charge in [0.25, 0.3) is 0 Å². The second-order valence-electron chi connectivity index (χ2n) is 9.70. The zero-order valence-corrected chi connectivity index (χ0v) is 24.4. The molecular weight excluding hydrogens is 518 g/mol. The molecule has 7 heteroatoms. The van der Waals surface area contributed by atoms with Crippen LogP contribution in [0.25, 0.3) is 10.9 Å². The second-order valence-corrected chi connectivity index (χ2v) is 11.5. The molecular formula is C31H40ClNO4S. The van der Waals surface area contributed by atoms with Gasteiger partial charge in [0.15, 0.2) is 0 Å². The summed E-state index contributed by atoms with van der Waals surface area (Å²) in [6, 6.07) is 15.9. The van der Waals surface area contributed by atoms with E-state index >= 15 is 0 Å². The number of aromatic nitrogens is 1. The van der Waals surface area contributed by atoms with Gasteiger partial charge in [-0.2, -0.15) is 0 Å². The van der Waals surface area contributed by atoms with Gasteiger partial charge in [0.2, 0.25) is 5.88 Å². The van der Waals surface area contributed by atoms with Crippen LogP contribution in [0.5, 0.6) is 5.88 Å². The third kappa shape index (κ3) is 8.62. The highest BCUT2D eigenvalue weighted by atomic mass is 35.5. The number of aryl methyl sites for hydroxylation is 1. The molecule has 1 heterocycles. The van der Waals surface area contributed by atoms with Crippen molar-refractivity contribution in [2.45, 2.75) is 81.0 Å². The molecule has 0 radical (unpaired) electrons. The molecule has 2 aromatic carbocycles. The lowest BCUT2D eigenvalue weighted by Crippen LogP contribution is -2.28. The number of hydrogen-bond acceptors (Lipinski definition) is 6. The van der Waals surface area contributed by atoms with E-state index in [1.807, 2.05) is 24.3 Å². The maximum absolute atomic E-state index is 12.1. The molecule has 0 fully saturated rings. The molecule has 0 spiro atoms. The number of halogens is 1. The van der Waals surface area contributed by atoms with Gasteiger partial charge in [-0.05, 0) is 48.6 Å². The number of fused-ring (bicyclic) bond motifs is 1. The van der Waals surface area contributed by atoms with E-state index in [-0.39, 0.29) is 11.4 Å². The lowest BCUT2D eigenvalue weighted by atomic mass is 9.96. The minimum Gasteiger partial charge on any atom is -0.480 e. The molecule has 3 rings (SSSR count). The molecule has 0 aliphatic heterocycles. The number of pyridine rings is 1. The first-order valence-corrected chi connectivity index (χ1v) is 14.9. The van der Waals surface area contributed by atoms with E-state index in [1.54, 1.807) is 6.07 Å². The summed E-state index contributed by atoms with van der Waals surface area (Å²) in [6.45, 7) is 2.25. The molecule has 0 bridgehead atoms. The number of nitrogens with zero attached hydrogens (tertiary/aromatic N) is 1. The fourth-order valence-corrected chi connectivity index (χ4v) is 6.29. The van der Waals surface area contributed by atoms with Gasteiger partial charge in [-0.3, -0.25) is 0 Å². The van der Waals surface area contributed by atoms with Crippen molar-refractivity contribution in [3.05, 3.63) is 65.2 Å². The summed E-state index contributed by atoms with van der Waals surface area (Å²) in [5.74, 6) is 0.0640. The average molecular weight is 558 g/mol. The van der Waals surface area contributed by atoms with Crippen molar-refractivity contribution < 1.29 is 19.4 Å². The highest BCUT2D eigenvalue weighted by Gasteiger charge is 2.29. The van der Waals surface area contributed by atoms with Crippen LogP contribution in [0.1, 0.15) is 79.8 Å². The number of unbranched alkanes of at least 4 members (excludes halogenated alkanes) is 6. The Morgan fingerprint density at radius 1 is 1.00 bits per heavy atom. The number of esters is 1. The van der Waals surface area contributed by atoms with Crippen molar-refractivity contribution in [3.63, 3.8) is 0 Å². The quantitative estimate of drug-likeness (QED) is 0.0633. The Bertz CT molecular complexity index is 1190. The molecule has 3 aromatic rings. The molecule has 1 aromatic heterocycles. The average Bonchev–Trinajstić information content (AvgIpc) is 2.92. The molecule has 0 saturated carbocycles. The fraction of sp³-hybridized carbons (Fsp3) is 0.484. The van der Waals surface area contributed by atoms with Gasteiger partial charge in [-0.1, -0.05) is 87.5 Å². The van der Waals surface area contributed by atoms with Gasteiger partial charge >= 0.3 is 5.97 Å². The number of thioether (sulfide) groups is 1. The minimum atomic E-state index is -1.07. The number of benzene rings is 2. The van der Waals surface area contributed by atoms with Gasteiger partial charge in [0, 0.05) is 22.6 Å². The van der Waals surface area contributed by atoms with E-state index in [9.17, 15) is 9.90 Å². The highest BCUT2D eigenvalue weighted by Crippen LogP contribution is 2.39. The molecule has 0 aliphatic carbocycles. The van der Waals surface area contributed by atoms with Gasteiger partial charge in [-0.25, -0.2) is 9.78 Å². The van der Waals surface area contributed by atoms with Crippen molar-refractivity contribution >= 4 is 40.2 Å². The number of hydrogen-bond donors (Lipinski definition) is 1. The molecule has 38 heavy (non-hydrogen) atoms. The van der Waals surface area contributed by atoms with Crippen molar-refractivity contribution in [3.8, 4) is 5.88 Å². The van der Waals surface area contributed by atoms with E-state index in [1.165, 1.54) is 75.6 Å². The first kappa shape index (κ1) is 30.3. The van der Waals surface area contributed by atoms with Crippen molar-refractivity contribution in [2.24, 2.45) is 0 Å². The van der Waals surface area contributed by atoms with E-state index in [0.29, 0.717) is 24.2 Å². The van der Waals surface area contributed by atoms with Gasteiger partial charge in [0.05, 0.1) is 19.7 Å². The van der Waals surface area contributed by atoms with Crippen LogP contribution in [0.15, 0.2) is 53.4 Å². The van der Waals surface area contributed by atoms with Crippen LogP contribution in [-0.4, -0.2) is 41.1 Å². The monoisotopic (exact) mass is 557 g/mol. The summed E-state index contributed by atoms with van der Waals surface area (Å²) < 4.78 is 10.2. The molecule has 5 nitrogen and oxygen atoms in total. The molecule has 0 amide bonds. The molecule has 1 N–H and O–H groups in total.